The molecule has 2 aromatic rings. The number of ketones is 1. The lowest BCUT2D eigenvalue weighted by molar-refractivity contribution is -0.119. The second-order valence-corrected chi connectivity index (χ2v) is 11.3. The molecule has 0 saturated heterocycles. The Kier molecular flexibility index (Phi) is 9.28. The summed E-state index contributed by atoms with van der Waals surface area (Å²) in [6, 6.07) is 4.22. The number of fused-ring (bicyclic) bond motifs is 1. The number of carbonyl (C=O) groups excluding carboxylic acids is 1. The first-order valence-corrected chi connectivity index (χ1v) is 13.8. The lowest BCUT2D eigenvalue weighted by Gasteiger charge is -2.30. The Balaban J connectivity index is 1.15. The van der Waals surface area contributed by atoms with Crippen molar-refractivity contribution in [3.8, 4) is 5.88 Å². The molecule has 0 bridgehead atoms. The highest BCUT2D eigenvalue weighted by Crippen LogP contribution is 2.33. The zero-order chi connectivity index (χ0) is 23.8. The first-order valence-electron chi connectivity index (χ1n) is 13.0. The molecule has 3 heterocycles. The number of nitrogens with zero attached hydrogens (tertiary/aromatic N) is 3. The van der Waals surface area contributed by atoms with E-state index in [0.717, 1.165) is 60.5 Å². The van der Waals surface area contributed by atoms with E-state index in [0.29, 0.717) is 24.7 Å². The van der Waals surface area contributed by atoms with E-state index in [-0.39, 0.29) is 0 Å². The van der Waals surface area contributed by atoms with Gasteiger partial charge in [0.1, 0.15) is 5.78 Å². The number of carbonyl (C=O) groups is 1. The minimum absolute atomic E-state index is 0.388. The summed E-state index contributed by atoms with van der Waals surface area (Å²) < 4.78 is 5.75. The van der Waals surface area contributed by atoms with Gasteiger partial charge in [-0.05, 0) is 63.0 Å². The first kappa shape index (κ1) is 25.1. The molecule has 1 aliphatic heterocycles. The molecule has 184 valence electrons. The van der Waals surface area contributed by atoms with Crippen molar-refractivity contribution in [2.24, 2.45) is 11.8 Å². The number of thiazole rings is 1. The zero-order valence-corrected chi connectivity index (χ0v) is 21.5. The second kappa shape index (κ2) is 12.6. The van der Waals surface area contributed by atoms with Crippen LogP contribution in [0, 0.1) is 18.8 Å². The molecule has 34 heavy (non-hydrogen) atoms. The molecule has 2 aliphatic rings. The summed E-state index contributed by atoms with van der Waals surface area (Å²) in [5.74, 6) is 2.52. The van der Waals surface area contributed by atoms with Gasteiger partial charge in [0, 0.05) is 55.2 Å². The summed E-state index contributed by atoms with van der Waals surface area (Å²) in [6.07, 6.45) is 14.2. The number of rotatable bonds is 11. The van der Waals surface area contributed by atoms with Crippen LogP contribution >= 0.6 is 11.3 Å². The van der Waals surface area contributed by atoms with E-state index in [4.69, 9.17) is 9.72 Å². The van der Waals surface area contributed by atoms with E-state index in [1.807, 2.05) is 25.3 Å². The molecule has 1 aliphatic carbocycles. The molecule has 0 unspecified atom stereocenters. The molecule has 0 aromatic carbocycles. The standard InChI is InChI=1S/C28H39N3O2S/c1-3-4-17-33-28-10-9-24-12-15-31(16-13-27(24)30-28)14-11-22-5-7-23(8-6-22)18-25(32)19-26-20-29-21(2)34-26/h3,9-10,20,22-23H,1,4-8,11-19H2,2H3. The molecule has 0 radical (unpaired) electrons. The van der Waals surface area contributed by atoms with Crippen LogP contribution in [0.3, 0.4) is 0 Å². The van der Waals surface area contributed by atoms with Crippen molar-refractivity contribution in [3.05, 3.63) is 52.1 Å². The average Bonchev–Trinajstić information content (AvgIpc) is 3.13. The van der Waals surface area contributed by atoms with Crippen LogP contribution in [0.5, 0.6) is 5.88 Å². The van der Waals surface area contributed by atoms with E-state index in [9.17, 15) is 4.79 Å². The van der Waals surface area contributed by atoms with Crippen molar-refractivity contribution in [2.75, 3.05) is 26.2 Å². The van der Waals surface area contributed by atoms with Crippen molar-refractivity contribution < 1.29 is 9.53 Å². The van der Waals surface area contributed by atoms with Crippen LogP contribution in [0.4, 0.5) is 0 Å². The number of hydrogen-bond donors (Lipinski definition) is 0. The molecular weight excluding hydrogens is 442 g/mol. The van der Waals surface area contributed by atoms with E-state index in [1.165, 1.54) is 49.9 Å². The molecule has 0 N–H and O–H groups in total. The summed E-state index contributed by atoms with van der Waals surface area (Å²) in [5, 5.41) is 1.05. The minimum atomic E-state index is 0.388. The van der Waals surface area contributed by atoms with Crippen LogP contribution in [0.2, 0.25) is 0 Å². The lowest BCUT2D eigenvalue weighted by atomic mass is 9.78. The first-order chi connectivity index (χ1) is 16.6. The fourth-order valence-corrected chi connectivity index (χ4v) is 6.15. The Labute approximate surface area is 208 Å². The maximum atomic E-state index is 12.5. The summed E-state index contributed by atoms with van der Waals surface area (Å²) >= 11 is 1.65. The van der Waals surface area contributed by atoms with Crippen molar-refractivity contribution in [3.63, 3.8) is 0 Å². The molecule has 6 heteroatoms. The summed E-state index contributed by atoms with van der Waals surface area (Å²) in [5.41, 5.74) is 2.58. The monoisotopic (exact) mass is 481 g/mol. The van der Waals surface area contributed by atoms with Gasteiger partial charge in [-0.15, -0.1) is 17.9 Å². The Bertz CT molecular complexity index is 949. The van der Waals surface area contributed by atoms with Crippen molar-refractivity contribution in [1.82, 2.24) is 14.9 Å². The Hall–Kier alpha value is -2.05. The van der Waals surface area contributed by atoms with Gasteiger partial charge in [0.15, 0.2) is 0 Å². The van der Waals surface area contributed by atoms with Crippen LogP contribution < -0.4 is 4.74 Å². The Morgan fingerprint density at radius 2 is 2.00 bits per heavy atom. The maximum Gasteiger partial charge on any atom is 0.213 e. The Morgan fingerprint density at radius 3 is 2.76 bits per heavy atom. The predicted octanol–water partition coefficient (Wildman–Crippen LogP) is 5.60. The molecule has 2 aromatic heterocycles. The normalized spacial score (nSPS) is 21.0. The minimum Gasteiger partial charge on any atom is -0.477 e. The van der Waals surface area contributed by atoms with Crippen LogP contribution in [0.25, 0.3) is 0 Å². The van der Waals surface area contributed by atoms with Crippen LogP contribution in [-0.4, -0.2) is 46.9 Å². The molecule has 5 nitrogen and oxygen atoms in total. The highest BCUT2D eigenvalue weighted by molar-refractivity contribution is 7.11. The SMILES string of the molecule is C=CCCOc1ccc2c(n1)CCN(CCC1CCC(CC(=O)Cc3cnc(C)s3)CC1)CC2. The van der Waals surface area contributed by atoms with Gasteiger partial charge in [-0.2, -0.15) is 0 Å². The molecular formula is C28H39N3O2S. The quantitative estimate of drug-likeness (QED) is 0.309. The van der Waals surface area contributed by atoms with Gasteiger partial charge in [0.05, 0.1) is 11.6 Å². The molecule has 1 saturated carbocycles. The van der Waals surface area contributed by atoms with Gasteiger partial charge in [0.2, 0.25) is 5.88 Å². The highest BCUT2D eigenvalue weighted by Gasteiger charge is 2.24. The average molecular weight is 482 g/mol. The third-order valence-corrected chi connectivity index (χ3v) is 8.27. The van der Waals surface area contributed by atoms with Gasteiger partial charge < -0.3 is 9.64 Å². The fraction of sp³-hybridized carbons (Fsp3) is 0.607. The summed E-state index contributed by atoms with van der Waals surface area (Å²) in [6.45, 7) is 9.76. The smallest absolute Gasteiger partial charge is 0.213 e. The van der Waals surface area contributed by atoms with Crippen molar-refractivity contribution in [2.45, 2.75) is 71.1 Å². The third kappa shape index (κ3) is 7.47. The number of hydrogen-bond acceptors (Lipinski definition) is 6. The maximum absolute atomic E-state index is 12.5. The van der Waals surface area contributed by atoms with Gasteiger partial charge in [-0.1, -0.05) is 25.0 Å². The van der Waals surface area contributed by atoms with E-state index < -0.39 is 0 Å². The number of Topliss-reactive ketones (excluding diaryl/α,β-unsaturated/α-hetero) is 1. The van der Waals surface area contributed by atoms with Crippen LogP contribution in [0.1, 0.15) is 66.1 Å². The summed E-state index contributed by atoms with van der Waals surface area (Å²) in [4.78, 5) is 25.2. The number of ether oxygens (including phenoxy) is 1. The van der Waals surface area contributed by atoms with Crippen LogP contribution in [0.15, 0.2) is 31.0 Å². The van der Waals surface area contributed by atoms with Crippen LogP contribution in [-0.2, 0) is 24.1 Å². The zero-order valence-electron chi connectivity index (χ0n) is 20.6. The van der Waals surface area contributed by atoms with Gasteiger partial charge in [-0.25, -0.2) is 9.97 Å². The highest BCUT2D eigenvalue weighted by atomic mass is 32.1. The molecule has 4 rings (SSSR count). The van der Waals surface area contributed by atoms with Gasteiger partial charge >= 0.3 is 0 Å². The van der Waals surface area contributed by atoms with Gasteiger partial charge in [0.25, 0.3) is 0 Å². The Morgan fingerprint density at radius 1 is 1.21 bits per heavy atom. The molecule has 1 fully saturated rings. The number of aryl methyl sites for hydroxylation is 1. The van der Waals surface area contributed by atoms with Crippen molar-refractivity contribution in [1.29, 1.82) is 0 Å². The van der Waals surface area contributed by atoms with Gasteiger partial charge in [-0.3, -0.25) is 4.79 Å². The van der Waals surface area contributed by atoms with E-state index >= 15 is 0 Å². The predicted molar refractivity (Wildman–Crippen MR) is 139 cm³/mol. The van der Waals surface area contributed by atoms with Crippen molar-refractivity contribution >= 4 is 17.1 Å². The molecule has 0 spiro atoms. The molecule has 0 amide bonds. The van der Waals surface area contributed by atoms with E-state index in [1.54, 1.807) is 11.3 Å². The van der Waals surface area contributed by atoms with E-state index in [2.05, 4.69) is 22.5 Å². The lowest BCUT2D eigenvalue weighted by Crippen LogP contribution is -2.29. The second-order valence-electron chi connectivity index (χ2n) is 9.96. The third-order valence-electron chi connectivity index (χ3n) is 7.35. The molecule has 0 atom stereocenters. The summed E-state index contributed by atoms with van der Waals surface area (Å²) in [7, 11) is 0. The largest absolute Gasteiger partial charge is 0.477 e. The topological polar surface area (TPSA) is 55.3 Å². The number of pyridine rings is 1. The number of aromatic nitrogens is 2. The fourth-order valence-electron chi connectivity index (χ4n) is 5.32.